The fraction of sp³-hybridized carbons (Fsp3) is 0.333. The quantitative estimate of drug-likeness (QED) is 0.889. The fourth-order valence-electron chi connectivity index (χ4n) is 2.10. The molecule has 2 rings (SSSR count). The number of aromatic nitrogens is 2. The molecule has 0 aliphatic rings. The van der Waals surface area contributed by atoms with Crippen LogP contribution in [0.25, 0.3) is 0 Å². The van der Waals surface area contributed by atoms with E-state index in [4.69, 9.17) is 0 Å². The highest BCUT2D eigenvalue weighted by atomic mass is 19.1. The van der Waals surface area contributed by atoms with Crippen LogP contribution in [0.4, 0.5) is 21.7 Å². The van der Waals surface area contributed by atoms with Crippen LogP contribution in [0.5, 0.6) is 0 Å². The van der Waals surface area contributed by atoms with E-state index >= 15 is 0 Å². The van der Waals surface area contributed by atoms with Crippen LogP contribution >= 0.6 is 0 Å². The molecule has 0 unspecified atom stereocenters. The first kappa shape index (κ1) is 14.2. The second-order valence-electron chi connectivity index (χ2n) is 4.97. The number of benzene rings is 1. The molecule has 0 fully saturated rings. The van der Waals surface area contributed by atoms with E-state index in [1.54, 1.807) is 6.07 Å². The van der Waals surface area contributed by atoms with Crippen LogP contribution in [0.2, 0.25) is 0 Å². The summed E-state index contributed by atoms with van der Waals surface area (Å²) >= 11 is 0. The summed E-state index contributed by atoms with van der Waals surface area (Å²) in [4.78, 5) is 8.51. The molecule has 1 aromatic carbocycles. The van der Waals surface area contributed by atoms with Gasteiger partial charge in [0.1, 0.15) is 23.8 Å². The second kappa shape index (κ2) is 5.86. The summed E-state index contributed by atoms with van der Waals surface area (Å²) in [6.45, 7) is 6.07. The third kappa shape index (κ3) is 2.87. The van der Waals surface area contributed by atoms with Crippen molar-refractivity contribution >= 4 is 17.3 Å². The number of rotatable bonds is 4. The molecule has 2 N–H and O–H groups in total. The zero-order valence-electron chi connectivity index (χ0n) is 12.2. The molecular formula is C15H19FN4. The molecule has 2 aromatic rings. The van der Waals surface area contributed by atoms with Crippen molar-refractivity contribution in [3.8, 4) is 0 Å². The van der Waals surface area contributed by atoms with Crippen molar-refractivity contribution in [2.24, 2.45) is 0 Å². The Kier molecular flexibility index (Phi) is 4.17. The van der Waals surface area contributed by atoms with Crippen molar-refractivity contribution < 1.29 is 4.39 Å². The molecule has 5 heteroatoms. The first-order valence-electron chi connectivity index (χ1n) is 6.58. The first-order chi connectivity index (χ1) is 9.52. The Bertz CT molecular complexity index is 611. The molecule has 106 valence electrons. The van der Waals surface area contributed by atoms with Gasteiger partial charge in [-0.05, 0) is 30.5 Å². The van der Waals surface area contributed by atoms with Crippen molar-refractivity contribution in [1.29, 1.82) is 0 Å². The molecule has 0 spiro atoms. The van der Waals surface area contributed by atoms with Crippen molar-refractivity contribution in [3.05, 3.63) is 41.5 Å². The SMILES string of the molecule is CNc1ncnc(Nc2cc(F)ccc2C)c1C(C)C. The van der Waals surface area contributed by atoms with Crippen LogP contribution in [0.3, 0.4) is 0 Å². The van der Waals surface area contributed by atoms with Gasteiger partial charge in [0.05, 0.1) is 0 Å². The molecule has 0 saturated carbocycles. The molecule has 20 heavy (non-hydrogen) atoms. The van der Waals surface area contributed by atoms with Crippen molar-refractivity contribution in [3.63, 3.8) is 0 Å². The Balaban J connectivity index is 2.45. The van der Waals surface area contributed by atoms with Gasteiger partial charge in [0.25, 0.3) is 0 Å². The number of aryl methyl sites for hydroxylation is 1. The van der Waals surface area contributed by atoms with Crippen molar-refractivity contribution in [1.82, 2.24) is 9.97 Å². The summed E-state index contributed by atoms with van der Waals surface area (Å²) in [7, 11) is 1.82. The predicted octanol–water partition coefficient (Wildman–Crippen LogP) is 3.83. The molecule has 0 aliphatic carbocycles. The zero-order chi connectivity index (χ0) is 14.7. The summed E-state index contributed by atoms with van der Waals surface area (Å²) in [6, 6.07) is 4.66. The maximum absolute atomic E-state index is 13.4. The van der Waals surface area contributed by atoms with Crippen LogP contribution in [0, 0.1) is 12.7 Å². The van der Waals surface area contributed by atoms with E-state index in [0.29, 0.717) is 11.5 Å². The van der Waals surface area contributed by atoms with E-state index in [0.717, 1.165) is 16.9 Å². The highest BCUT2D eigenvalue weighted by Crippen LogP contribution is 2.31. The molecule has 0 amide bonds. The monoisotopic (exact) mass is 274 g/mol. The van der Waals surface area contributed by atoms with Gasteiger partial charge in [-0.1, -0.05) is 19.9 Å². The van der Waals surface area contributed by atoms with E-state index < -0.39 is 0 Å². The van der Waals surface area contributed by atoms with Gasteiger partial charge in [-0.15, -0.1) is 0 Å². The first-order valence-corrected chi connectivity index (χ1v) is 6.58. The minimum Gasteiger partial charge on any atom is -0.373 e. The molecule has 0 radical (unpaired) electrons. The van der Waals surface area contributed by atoms with Crippen LogP contribution in [-0.4, -0.2) is 17.0 Å². The number of hydrogen-bond acceptors (Lipinski definition) is 4. The van der Waals surface area contributed by atoms with Gasteiger partial charge >= 0.3 is 0 Å². The van der Waals surface area contributed by atoms with Gasteiger partial charge in [-0.3, -0.25) is 0 Å². The Morgan fingerprint density at radius 2 is 1.85 bits per heavy atom. The zero-order valence-corrected chi connectivity index (χ0v) is 12.2. The lowest BCUT2D eigenvalue weighted by molar-refractivity contribution is 0.628. The number of hydrogen-bond donors (Lipinski definition) is 2. The maximum Gasteiger partial charge on any atom is 0.139 e. The summed E-state index contributed by atoms with van der Waals surface area (Å²) < 4.78 is 13.4. The average Bonchev–Trinajstić information content (AvgIpc) is 2.42. The van der Waals surface area contributed by atoms with E-state index in [-0.39, 0.29) is 11.7 Å². The highest BCUT2D eigenvalue weighted by Gasteiger charge is 2.15. The van der Waals surface area contributed by atoms with Crippen molar-refractivity contribution in [2.45, 2.75) is 26.7 Å². The highest BCUT2D eigenvalue weighted by molar-refractivity contribution is 5.67. The minimum atomic E-state index is -0.271. The molecular weight excluding hydrogens is 255 g/mol. The van der Waals surface area contributed by atoms with Crippen LogP contribution in [0.15, 0.2) is 24.5 Å². The van der Waals surface area contributed by atoms with Gasteiger partial charge in [0.2, 0.25) is 0 Å². The molecule has 0 saturated heterocycles. The third-order valence-electron chi connectivity index (χ3n) is 3.15. The molecule has 1 aromatic heterocycles. The molecule has 0 bridgehead atoms. The largest absolute Gasteiger partial charge is 0.373 e. The molecule has 1 heterocycles. The second-order valence-corrected chi connectivity index (χ2v) is 4.97. The van der Waals surface area contributed by atoms with Gasteiger partial charge < -0.3 is 10.6 Å². The van der Waals surface area contributed by atoms with Crippen LogP contribution < -0.4 is 10.6 Å². The predicted molar refractivity (Wildman–Crippen MR) is 80.1 cm³/mol. The Hall–Kier alpha value is -2.17. The van der Waals surface area contributed by atoms with Crippen LogP contribution in [-0.2, 0) is 0 Å². The van der Waals surface area contributed by atoms with E-state index in [1.165, 1.54) is 18.5 Å². The molecule has 4 nitrogen and oxygen atoms in total. The smallest absolute Gasteiger partial charge is 0.139 e. The lowest BCUT2D eigenvalue weighted by atomic mass is 10.0. The summed E-state index contributed by atoms with van der Waals surface area (Å²) in [5.41, 5.74) is 2.66. The maximum atomic E-state index is 13.4. The summed E-state index contributed by atoms with van der Waals surface area (Å²) in [5.74, 6) is 1.46. The number of anilines is 3. The van der Waals surface area contributed by atoms with E-state index in [2.05, 4.69) is 34.4 Å². The minimum absolute atomic E-state index is 0.245. The van der Waals surface area contributed by atoms with Crippen LogP contribution in [0.1, 0.15) is 30.9 Å². The molecule has 0 aliphatic heterocycles. The number of nitrogens with one attached hydrogen (secondary N) is 2. The third-order valence-corrected chi connectivity index (χ3v) is 3.15. The van der Waals surface area contributed by atoms with Gasteiger partial charge in [0.15, 0.2) is 0 Å². The summed E-state index contributed by atoms with van der Waals surface area (Å²) in [5, 5.41) is 6.27. The number of nitrogens with zero attached hydrogens (tertiary/aromatic N) is 2. The van der Waals surface area contributed by atoms with E-state index in [9.17, 15) is 4.39 Å². The average molecular weight is 274 g/mol. The fourth-order valence-corrected chi connectivity index (χ4v) is 2.10. The normalized spacial score (nSPS) is 10.7. The topological polar surface area (TPSA) is 49.8 Å². The Morgan fingerprint density at radius 3 is 2.50 bits per heavy atom. The Labute approximate surface area is 118 Å². The summed E-state index contributed by atoms with van der Waals surface area (Å²) in [6.07, 6.45) is 1.49. The van der Waals surface area contributed by atoms with Gasteiger partial charge in [-0.25, -0.2) is 14.4 Å². The standard InChI is InChI=1S/C15H19FN4/c1-9(2)13-14(17-4)18-8-19-15(13)20-12-7-11(16)6-5-10(12)3/h5-9H,1-4H3,(H2,17,18,19,20). The molecule has 0 atom stereocenters. The van der Waals surface area contributed by atoms with Gasteiger partial charge in [-0.2, -0.15) is 0 Å². The lowest BCUT2D eigenvalue weighted by Gasteiger charge is -2.17. The Morgan fingerprint density at radius 1 is 1.15 bits per heavy atom. The van der Waals surface area contributed by atoms with E-state index in [1.807, 2.05) is 14.0 Å². The van der Waals surface area contributed by atoms with Gasteiger partial charge in [0, 0.05) is 18.3 Å². The van der Waals surface area contributed by atoms with Crippen molar-refractivity contribution in [2.75, 3.05) is 17.7 Å². The number of halogens is 1. The lowest BCUT2D eigenvalue weighted by Crippen LogP contribution is -2.07.